The second-order valence-corrected chi connectivity index (χ2v) is 4.70. The smallest absolute Gasteiger partial charge is 0.351 e. The van der Waals surface area contributed by atoms with Gasteiger partial charge in [-0.1, -0.05) is 12.1 Å². The third kappa shape index (κ3) is 3.01. The fourth-order valence-electron chi connectivity index (χ4n) is 1.72. The topological polar surface area (TPSA) is 65.1 Å². The van der Waals surface area contributed by atoms with Gasteiger partial charge in [0, 0.05) is 14.1 Å². The van der Waals surface area contributed by atoms with E-state index in [9.17, 15) is 9.59 Å². The van der Waals surface area contributed by atoms with E-state index in [4.69, 9.17) is 14.2 Å². The predicted molar refractivity (Wildman–Crippen MR) is 70.6 cm³/mol. The number of hydrogen-bond acceptors (Lipinski definition) is 5. The molecule has 1 aliphatic heterocycles. The molecule has 0 unspecified atom stereocenters. The molecule has 0 saturated carbocycles. The van der Waals surface area contributed by atoms with E-state index in [2.05, 4.69) is 0 Å². The van der Waals surface area contributed by atoms with Crippen LogP contribution in [0.4, 0.5) is 0 Å². The van der Waals surface area contributed by atoms with Crippen LogP contribution in [0.25, 0.3) is 0 Å². The van der Waals surface area contributed by atoms with Crippen LogP contribution in [0.2, 0.25) is 0 Å². The molecule has 6 nitrogen and oxygen atoms in total. The van der Waals surface area contributed by atoms with E-state index in [1.165, 1.54) is 4.90 Å². The number of hydrogen-bond donors (Lipinski definition) is 0. The fraction of sp³-hybridized carbons (Fsp3) is 0.429. The monoisotopic (exact) mass is 279 g/mol. The van der Waals surface area contributed by atoms with Crippen molar-refractivity contribution in [3.63, 3.8) is 0 Å². The van der Waals surface area contributed by atoms with Crippen molar-refractivity contribution in [3.05, 3.63) is 24.3 Å². The first kappa shape index (κ1) is 14.2. The maximum atomic E-state index is 11.9. The Morgan fingerprint density at radius 3 is 2.40 bits per heavy atom. The number of carbonyl (C=O) groups is 2. The molecule has 0 N–H and O–H groups in total. The molecule has 0 aliphatic carbocycles. The molecule has 1 aliphatic rings. The molecule has 2 atom stereocenters. The minimum Gasteiger partial charge on any atom is -0.482 e. The van der Waals surface area contributed by atoms with Gasteiger partial charge < -0.3 is 19.1 Å². The number of benzene rings is 1. The molecule has 1 heterocycles. The molecule has 1 aromatic rings. The normalized spacial score (nSPS) is 20.1. The summed E-state index contributed by atoms with van der Waals surface area (Å²) in [5, 5.41) is 0. The lowest BCUT2D eigenvalue weighted by Crippen LogP contribution is -2.45. The molecular formula is C14H17NO5. The van der Waals surface area contributed by atoms with E-state index >= 15 is 0 Å². The molecule has 1 amide bonds. The molecule has 0 radical (unpaired) electrons. The van der Waals surface area contributed by atoms with Crippen LogP contribution in [-0.2, 0) is 14.3 Å². The van der Waals surface area contributed by atoms with Gasteiger partial charge in [0.25, 0.3) is 5.91 Å². The van der Waals surface area contributed by atoms with Gasteiger partial charge in [-0.2, -0.15) is 0 Å². The van der Waals surface area contributed by atoms with Crippen LogP contribution in [0.1, 0.15) is 6.92 Å². The van der Waals surface area contributed by atoms with Gasteiger partial charge in [-0.05, 0) is 19.1 Å². The zero-order valence-electron chi connectivity index (χ0n) is 11.7. The summed E-state index contributed by atoms with van der Waals surface area (Å²) in [7, 11) is 3.19. The Kier molecular flexibility index (Phi) is 4.12. The molecular weight excluding hydrogens is 262 g/mol. The van der Waals surface area contributed by atoms with Gasteiger partial charge in [-0.15, -0.1) is 0 Å². The van der Waals surface area contributed by atoms with Crippen molar-refractivity contribution in [1.29, 1.82) is 0 Å². The van der Waals surface area contributed by atoms with E-state index in [-0.39, 0.29) is 12.5 Å². The van der Waals surface area contributed by atoms with E-state index in [0.29, 0.717) is 11.5 Å². The van der Waals surface area contributed by atoms with Crippen molar-refractivity contribution in [3.8, 4) is 11.5 Å². The highest BCUT2D eigenvalue weighted by Crippen LogP contribution is 2.33. The first-order valence-corrected chi connectivity index (χ1v) is 6.28. The average molecular weight is 279 g/mol. The quantitative estimate of drug-likeness (QED) is 0.767. The summed E-state index contributed by atoms with van der Waals surface area (Å²) >= 11 is 0. The van der Waals surface area contributed by atoms with E-state index in [1.54, 1.807) is 39.2 Å². The number of likely N-dealkylation sites (N-methyl/N-ethyl adjacent to an activating group) is 1. The van der Waals surface area contributed by atoms with Crippen molar-refractivity contribution < 1.29 is 23.8 Å². The maximum absolute atomic E-state index is 11.9. The molecule has 20 heavy (non-hydrogen) atoms. The second kappa shape index (κ2) is 5.81. The van der Waals surface area contributed by atoms with E-state index < -0.39 is 18.2 Å². The van der Waals surface area contributed by atoms with Crippen LogP contribution in [-0.4, -0.2) is 49.7 Å². The molecule has 0 fully saturated rings. The third-order valence-electron chi connectivity index (χ3n) is 2.91. The Morgan fingerprint density at radius 2 is 1.80 bits per heavy atom. The second-order valence-electron chi connectivity index (χ2n) is 4.70. The molecule has 0 aromatic heterocycles. The van der Waals surface area contributed by atoms with Crippen molar-refractivity contribution in [2.75, 3.05) is 20.7 Å². The highest BCUT2D eigenvalue weighted by molar-refractivity contribution is 5.82. The predicted octanol–water partition coefficient (Wildman–Crippen LogP) is 0.846. The molecule has 6 heteroatoms. The molecule has 0 spiro atoms. The van der Waals surface area contributed by atoms with E-state index in [1.807, 2.05) is 6.07 Å². The van der Waals surface area contributed by atoms with Crippen LogP contribution in [0.3, 0.4) is 0 Å². The number of carbonyl (C=O) groups excluding carboxylic acids is 2. The zero-order valence-corrected chi connectivity index (χ0v) is 11.7. The largest absolute Gasteiger partial charge is 0.482 e. The molecule has 108 valence electrons. The lowest BCUT2D eigenvalue weighted by atomic mass is 10.2. The van der Waals surface area contributed by atoms with Gasteiger partial charge in [-0.3, -0.25) is 4.79 Å². The SMILES string of the molecule is C[C@@H]1Oc2ccccc2O[C@@H]1C(=O)OCC(=O)N(C)C. The first-order chi connectivity index (χ1) is 9.49. The van der Waals surface area contributed by atoms with Gasteiger partial charge in [0.05, 0.1) is 0 Å². The van der Waals surface area contributed by atoms with Crippen LogP contribution < -0.4 is 9.47 Å². The Bertz CT molecular complexity index is 514. The summed E-state index contributed by atoms with van der Waals surface area (Å²) in [6, 6.07) is 7.09. The lowest BCUT2D eigenvalue weighted by Gasteiger charge is -2.30. The molecule has 1 aromatic carbocycles. The first-order valence-electron chi connectivity index (χ1n) is 6.28. The minimum atomic E-state index is -0.875. The third-order valence-corrected chi connectivity index (χ3v) is 2.91. The van der Waals surface area contributed by atoms with Crippen molar-refractivity contribution in [2.45, 2.75) is 19.1 Å². The number of fused-ring (bicyclic) bond motifs is 1. The number of ether oxygens (including phenoxy) is 3. The highest BCUT2D eigenvalue weighted by Gasteiger charge is 2.35. The van der Waals surface area contributed by atoms with Gasteiger partial charge >= 0.3 is 5.97 Å². The van der Waals surface area contributed by atoms with Gasteiger partial charge in [0.2, 0.25) is 6.10 Å². The Morgan fingerprint density at radius 1 is 1.20 bits per heavy atom. The Balaban J connectivity index is 1.99. The highest BCUT2D eigenvalue weighted by atomic mass is 16.6. The summed E-state index contributed by atoms with van der Waals surface area (Å²) in [6.07, 6.45) is -1.35. The van der Waals surface area contributed by atoms with Crippen molar-refractivity contribution in [2.24, 2.45) is 0 Å². The minimum absolute atomic E-state index is 0.289. The number of nitrogens with zero attached hydrogens (tertiary/aromatic N) is 1. The summed E-state index contributed by atoms with van der Waals surface area (Å²) in [4.78, 5) is 24.7. The standard InChI is InChI=1S/C14H17NO5/c1-9-13(14(17)18-8-12(16)15(2)3)20-11-7-5-4-6-10(11)19-9/h4-7,9,13H,8H2,1-3H3/t9-,13-/m0/s1. The van der Waals surface area contributed by atoms with Gasteiger partial charge in [0.1, 0.15) is 6.10 Å². The Hall–Kier alpha value is -2.24. The molecule has 0 bridgehead atoms. The average Bonchev–Trinajstić information content (AvgIpc) is 2.43. The van der Waals surface area contributed by atoms with Crippen LogP contribution in [0.5, 0.6) is 11.5 Å². The number of rotatable bonds is 3. The molecule has 2 rings (SSSR count). The lowest BCUT2D eigenvalue weighted by molar-refractivity contribution is -0.162. The van der Waals surface area contributed by atoms with Gasteiger partial charge in [0.15, 0.2) is 18.1 Å². The zero-order chi connectivity index (χ0) is 14.7. The van der Waals surface area contributed by atoms with Crippen molar-refractivity contribution in [1.82, 2.24) is 4.90 Å². The Labute approximate surface area is 117 Å². The van der Waals surface area contributed by atoms with Crippen LogP contribution in [0.15, 0.2) is 24.3 Å². The maximum Gasteiger partial charge on any atom is 0.351 e. The van der Waals surface area contributed by atoms with Crippen LogP contribution in [0, 0.1) is 0 Å². The van der Waals surface area contributed by atoms with E-state index in [0.717, 1.165) is 0 Å². The number of amides is 1. The summed E-state index contributed by atoms with van der Waals surface area (Å²) in [6.45, 7) is 1.41. The summed E-state index contributed by atoms with van der Waals surface area (Å²) in [5.74, 6) is 0.185. The van der Waals surface area contributed by atoms with Crippen molar-refractivity contribution >= 4 is 11.9 Å². The van der Waals surface area contributed by atoms with Crippen LogP contribution >= 0.6 is 0 Å². The molecule has 0 saturated heterocycles. The fourth-order valence-corrected chi connectivity index (χ4v) is 1.72. The summed E-state index contributed by atoms with van der Waals surface area (Å²) in [5.41, 5.74) is 0. The van der Waals surface area contributed by atoms with Gasteiger partial charge in [-0.25, -0.2) is 4.79 Å². The number of esters is 1. The number of para-hydroxylation sites is 2. The summed E-state index contributed by atoms with van der Waals surface area (Å²) < 4.78 is 16.1.